The number of nitrogens with zero attached hydrogens (tertiary/aromatic N) is 3. The minimum atomic E-state index is -0.0356. The van der Waals surface area contributed by atoms with Gasteiger partial charge in [0.25, 0.3) is 0 Å². The average molecular weight is 416 g/mol. The van der Waals surface area contributed by atoms with Crippen molar-refractivity contribution in [3.8, 4) is 5.75 Å². The Bertz CT molecular complexity index is 1170. The first kappa shape index (κ1) is 19.8. The second kappa shape index (κ2) is 9.33. The zero-order chi connectivity index (χ0) is 20.8. The number of hydrogen-bond acceptors (Lipinski definition) is 4. The Balaban J connectivity index is 1.62. The molecule has 150 valence electrons. The fourth-order valence-corrected chi connectivity index (χ4v) is 3.41. The molecule has 1 heterocycles. The van der Waals surface area contributed by atoms with Gasteiger partial charge in [0.15, 0.2) is 16.4 Å². The van der Waals surface area contributed by atoms with Crippen molar-refractivity contribution in [1.29, 1.82) is 0 Å². The molecule has 0 radical (unpaired) electrons. The van der Waals surface area contributed by atoms with Crippen molar-refractivity contribution in [3.05, 3.63) is 113 Å². The van der Waals surface area contributed by atoms with Gasteiger partial charge < -0.3 is 4.74 Å². The van der Waals surface area contributed by atoms with Crippen LogP contribution in [0.15, 0.2) is 91.0 Å². The van der Waals surface area contributed by atoms with Gasteiger partial charge in [0.2, 0.25) is 0 Å². The largest absolute Gasteiger partial charge is 0.486 e. The molecule has 0 N–H and O–H groups in total. The van der Waals surface area contributed by atoms with Gasteiger partial charge in [-0.05, 0) is 29.9 Å². The van der Waals surface area contributed by atoms with Crippen LogP contribution in [0.1, 0.15) is 21.7 Å². The van der Waals surface area contributed by atoms with Crippen LogP contribution >= 0.6 is 12.2 Å². The minimum absolute atomic E-state index is 0.0356. The Morgan fingerprint density at radius 1 is 0.867 bits per heavy atom. The standard InChI is InChI=1S/C24H21N3O2S/c28-22(20-12-6-2-7-13-20)17-27-24(30)26(16-19-10-4-1-5-11-19)23(25-27)18-29-21-14-8-3-9-15-21/h1-15H,16-18H2. The lowest BCUT2D eigenvalue weighted by Gasteiger charge is -2.08. The molecule has 0 aliphatic heterocycles. The number of carbonyl (C=O) groups is 1. The van der Waals surface area contributed by atoms with E-state index in [1.807, 2.05) is 83.4 Å². The van der Waals surface area contributed by atoms with E-state index in [4.69, 9.17) is 17.0 Å². The summed E-state index contributed by atoms with van der Waals surface area (Å²) in [4.78, 5) is 12.7. The summed E-state index contributed by atoms with van der Waals surface area (Å²) in [6.45, 7) is 0.905. The van der Waals surface area contributed by atoms with Gasteiger partial charge in [-0.3, -0.25) is 9.36 Å². The molecule has 0 atom stereocenters. The average Bonchev–Trinajstić information content (AvgIpc) is 3.08. The van der Waals surface area contributed by atoms with Gasteiger partial charge in [0.05, 0.1) is 6.54 Å². The van der Waals surface area contributed by atoms with Crippen LogP contribution in [0.2, 0.25) is 0 Å². The normalized spacial score (nSPS) is 10.7. The lowest BCUT2D eigenvalue weighted by Crippen LogP contribution is -2.12. The molecule has 0 aliphatic carbocycles. The molecule has 3 aromatic carbocycles. The van der Waals surface area contributed by atoms with Crippen LogP contribution in [0.25, 0.3) is 0 Å². The zero-order valence-corrected chi connectivity index (χ0v) is 17.2. The summed E-state index contributed by atoms with van der Waals surface area (Å²) in [6.07, 6.45) is 0. The molecule has 0 unspecified atom stereocenters. The summed E-state index contributed by atoms with van der Waals surface area (Å²) in [6, 6.07) is 28.8. The molecule has 0 amide bonds. The zero-order valence-electron chi connectivity index (χ0n) is 16.3. The Labute approximate surface area is 180 Å². The molecule has 30 heavy (non-hydrogen) atoms. The van der Waals surface area contributed by atoms with Crippen molar-refractivity contribution in [2.24, 2.45) is 0 Å². The minimum Gasteiger partial charge on any atom is -0.486 e. The highest BCUT2D eigenvalue weighted by Gasteiger charge is 2.15. The monoisotopic (exact) mass is 415 g/mol. The Morgan fingerprint density at radius 3 is 2.13 bits per heavy atom. The number of carbonyl (C=O) groups excluding carboxylic acids is 1. The second-order valence-electron chi connectivity index (χ2n) is 6.82. The van der Waals surface area contributed by atoms with Gasteiger partial charge in [-0.1, -0.05) is 78.9 Å². The number of rotatable bonds is 8. The molecule has 0 aliphatic rings. The van der Waals surface area contributed by atoms with Crippen LogP contribution in [0, 0.1) is 4.77 Å². The molecular weight excluding hydrogens is 394 g/mol. The molecule has 5 nitrogen and oxygen atoms in total. The van der Waals surface area contributed by atoms with Crippen LogP contribution in [0.4, 0.5) is 0 Å². The number of hydrogen-bond donors (Lipinski definition) is 0. The summed E-state index contributed by atoms with van der Waals surface area (Å²) >= 11 is 5.67. The third kappa shape index (κ3) is 4.72. The first-order valence-corrected chi connectivity index (χ1v) is 10.1. The summed E-state index contributed by atoms with van der Waals surface area (Å²) in [5, 5.41) is 4.62. The fourth-order valence-electron chi connectivity index (χ4n) is 3.14. The van der Waals surface area contributed by atoms with E-state index in [1.165, 1.54) is 0 Å². The molecule has 1 aromatic heterocycles. The van der Waals surface area contributed by atoms with Gasteiger partial charge in [-0.25, -0.2) is 4.68 Å². The SMILES string of the molecule is O=C(Cn1nc(COc2ccccc2)n(Cc2ccccc2)c1=S)c1ccccc1. The first-order chi connectivity index (χ1) is 14.7. The number of para-hydroxylation sites is 1. The van der Waals surface area contributed by atoms with E-state index in [2.05, 4.69) is 5.10 Å². The van der Waals surface area contributed by atoms with Crippen LogP contribution in [-0.4, -0.2) is 20.1 Å². The third-order valence-electron chi connectivity index (χ3n) is 4.68. The highest BCUT2D eigenvalue weighted by Crippen LogP contribution is 2.14. The molecule has 0 spiro atoms. The van der Waals surface area contributed by atoms with Crippen molar-refractivity contribution in [2.75, 3.05) is 0 Å². The van der Waals surface area contributed by atoms with Gasteiger partial charge in [-0.15, -0.1) is 0 Å². The van der Waals surface area contributed by atoms with Crippen molar-refractivity contribution in [1.82, 2.24) is 14.3 Å². The summed E-state index contributed by atoms with van der Waals surface area (Å²) < 4.78 is 9.90. The van der Waals surface area contributed by atoms with E-state index in [-0.39, 0.29) is 18.9 Å². The van der Waals surface area contributed by atoms with E-state index in [0.717, 1.165) is 11.3 Å². The van der Waals surface area contributed by atoms with E-state index >= 15 is 0 Å². The topological polar surface area (TPSA) is 49.1 Å². The van der Waals surface area contributed by atoms with Gasteiger partial charge in [0.1, 0.15) is 18.9 Å². The molecule has 0 fully saturated rings. The Morgan fingerprint density at radius 2 is 1.47 bits per heavy atom. The maximum Gasteiger partial charge on any atom is 0.198 e. The molecule has 0 bridgehead atoms. The molecular formula is C24H21N3O2S. The number of ether oxygens (including phenoxy) is 1. The van der Waals surface area contributed by atoms with Crippen LogP contribution < -0.4 is 4.74 Å². The third-order valence-corrected chi connectivity index (χ3v) is 5.11. The summed E-state index contributed by atoms with van der Waals surface area (Å²) in [5.74, 6) is 1.39. The van der Waals surface area contributed by atoms with Crippen LogP contribution in [0.5, 0.6) is 5.75 Å². The number of ketones is 1. The van der Waals surface area contributed by atoms with E-state index in [1.54, 1.807) is 16.8 Å². The lowest BCUT2D eigenvalue weighted by molar-refractivity contribution is 0.0966. The van der Waals surface area contributed by atoms with Gasteiger partial charge in [0, 0.05) is 5.56 Å². The summed E-state index contributed by atoms with van der Waals surface area (Å²) in [7, 11) is 0. The second-order valence-corrected chi connectivity index (χ2v) is 7.18. The lowest BCUT2D eigenvalue weighted by atomic mass is 10.1. The Hall–Kier alpha value is -3.51. The van der Waals surface area contributed by atoms with Crippen LogP contribution in [-0.2, 0) is 19.7 Å². The highest BCUT2D eigenvalue weighted by molar-refractivity contribution is 7.71. The molecule has 4 rings (SSSR count). The van der Waals surface area contributed by atoms with Gasteiger partial charge >= 0.3 is 0 Å². The van der Waals surface area contributed by atoms with Crippen molar-refractivity contribution >= 4 is 18.0 Å². The van der Waals surface area contributed by atoms with Crippen molar-refractivity contribution in [2.45, 2.75) is 19.7 Å². The molecule has 0 saturated carbocycles. The van der Waals surface area contributed by atoms with Crippen molar-refractivity contribution < 1.29 is 9.53 Å². The van der Waals surface area contributed by atoms with Gasteiger partial charge in [-0.2, -0.15) is 5.10 Å². The predicted octanol–water partition coefficient (Wildman–Crippen LogP) is 4.92. The summed E-state index contributed by atoms with van der Waals surface area (Å²) in [5.41, 5.74) is 1.74. The first-order valence-electron chi connectivity index (χ1n) is 9.67. The fraction of sp³-hybridized carbons (Fsp3) is 0.125. The number of Topliss-reactive ketones (excluding diaryl/α,β-unsaturated/α-hetero) is 1. The van der Waals surface area contributed by atoms with Crippen molar-refractivity contribution in [3.63, 3.8) is 0 Å². The van der Waals surface area contributed by atoms with E-state index in [0.29, 0.717) is 22.7 Å². The maximum atomic E-state index is 12.7. The number of aromatic nitrogens is 3. The van der Waals surface area contributed by atoms with Crippen LogP contribution in [0.3, 0.4) is 0 Å². The highest BCUT2D eigenvalue weighted by atomic mass is 32.1. The predicted molar refractivity (Wildman–Crippen MR) is 118 cm³/mol. The smallest absolute Gasteiger partial charge is 0.198 e. The van der Waals surface area contributed by atoms with E-state index in [9.17, 15) is 4.79 Å². The maximum absolute atomic E-state index is 12.7. The quantitative estimate of drug-likeness (QED) is 0.303. The Kier molecular flexibility index (Phi) is 6.15. The number of benzene rings is 3. The van der Waals surface area contributed by atoms with E-state index < -0.39 is 0 Å². The molecule has 0 saturated heterocycles. The molecule has 6 heteroatoms. The molecule has 4 aromatic rings.